The van der Waals surface area contributed by atoms with Crippen molar-refractivity contribution in [1.29, 1.82) is 0 Å². The van der Waals surface area contributed by atoms with Crippen molar-refractivity contribution in [2.24, 2.45) is 0 Å². The molecular formula is C13H16F3NO2. The summed E-state index contributed by atoms with van der Waals surface area (Å²) in [5.41, 5.74) is -2.52. The first-order chi connectivity index (χ1) is 8.77. The number of esters is 1. The largest absolute Gasteiger partial charge is 0.467 e. The predicted molar refractivity (Wildman–Crippen MR) is 64.5 cm³/mol. The first-order valence-corrected chi connectivity index (χ1v) is 5.77. The molecule has 0 amide bonds. The fourth-order valence-corrected chi connectivity index (χ4v) is 2.00. The standard InChI is InChI=1S/C13H16F3NO2/c1-4-17-12(2,11(18)19-3)9-7-5-6-8-10(9)13(14,15)16/h5-8,17H,4H2,1-3H3. The van der Waals surface area contributed by atoms with Crippen LogP contribution in [0.25, 0.3) is 0 Å². The van der Waals surface area contributed by atoms with Crippen LogP contribution in [0.15, 0.2) is 24.3 Å². The fourth-order valence-electron chi connectivity index (χ4n) is 2.00. The van der Waals surface area contributed by atoms with E-state index in [1.165, 1.54) is 25.1 Å². The summed E-state index contributed by atoms with van der Waals surface area (Å²) in [7, 11) is 1.15. The van der Waals surface area contributed by atoms with Crippen LogP contribution in [0.3, 0.4) is 0 Å². The van der Waals surface area contributed by atoms with E-state index in [4.69, 9.17) is 0 Å². The molecule has 0 spiro atoms. The van der Waals surface area contributed by atoms with Crippen molar-refractivity contribution in [3.8, 4) is 0 Å². The van der Waals surface area contributed by atoms with Gasteiger partial charge in [-0.25, -0.2) is 4.79 Å². The number of methoxy groups -OCH3 is 1. The van der Waals surface area contributed by atoms with E-state index in [-0.39, 0.29) is 5.56 Å². The van der Waals surface area contributed by atoms with E-state index in [0.29, 0.717) is 6.54 Å². The number of hydrogen-bond acceptors (Lipinski definition) is 3. The first-order valence-electron chi connectivity index (χ1n) is 5.77. The van der Waals surface area contributed by atoms with Crippen LogP contribution in [0.1, 0.15) is 25.0 Å². The Kier molecular flexibility index (Phi) is 4.57. The van der Waals surface area contributed by atoms with Crippen LogP contribution in [0.2, 0.25) is 0 Å². The van der Waals surface area contributed by atoms with Gasteiger partial charge in [0.15, 0.2) is 0 Å². The molecule has 1 aromatic rings. The zero-order valence-electron chi connectivity index (χ0n) is 11.0. The maximum Gasteiger partial charge on any atom is 0.416 e. The van der Waals surface area contributed by atoms with Gasteiger partial charge in [0.25, 0.3) is 0 Å². The highest BCUT2D eigenvalue weighted by Gasteiger charge is 2.43. The average Bonchev–Trinajstić information content (AvgIpc) is 2.37. The molecule has 0 heterocycles. The summed E-state index contributed by atoms with van der Waals surface area (Å²) in [6, 6.07) is 4.98. The normalized spacial score (nSPS) is 14.8. The average molecular weight is 275 g/mol. The van der Waals surface area contributed by atoms with Crippen molar-refractivity contribution in [2.45, 2.75) is 25.6 Å². The van der Waals surface area contributed by atoms with Crippen molar-refractivity contribution >= 4 is 5.97 Å². The number of likely N-dealkylation sites (N-methyl/N-ethyl adjacent to an activating group) is 1. The fraction of sp³-hybridized carbons (Fsp3) is 0.462. The minimum absolute atomic E-state index is 0.142. The molecule has 0 saturated heterocycles. The number of ether oxygens (including phenoxy) is 1. The summed E-state index contributed by atoms with van der Waals surface area (Å²) in [6.07, 6.45) is -4.53. The van der Waals surface area contributed by atoms with Gasteiger partial charge in [0.05, 0.1) is 12.7 Å². The zero-order chi connectivity index (χ0) is 14.7. The van der Waals surface area contributed by atoms with E-state index >= 15 is 0 Å². The number of halogens is 3. The van der Waals surface area contributed by atoms with Gasteiger partial charge in [-0.15, -0.1) is 0 Å². The minimum atomic E-state index is -4.53. The second-order valence-electron chi connectivity index (χ2n) is 4.19. The number of benzene rings is 1. The molecule has 6 heteroatoms. The van der Waals surface area contributed by atoms with Crippen LogP contribution >= 0.6 is 0 Å². The summed E-state index contributed by atoms with van der Waals surface area (Å²) in [5.74, 6) is -0.758. The van der Waals surface area contributed by atoms with E-state index in [1.807, 2.05) is 0 Å². The van der Waals surface area contributed by atoms with Gasteiger partial charge in [-0.1, -0.05) is 25.1 Å². The van der Waals surface area contributed by atoms with Crippen molar-refractivity contribution in [2.75, 3.05) is 13.7 Å². The molecule has 1 rings (SSSR count). The molecule has 0 aliphatic carbocycles. The Hall–Kier alpha value is -1.56. The molecule has 0 saturated carbocycles. The van der Waals surface area contributed by atoms with Gasteiger partial charge in [0.1, 0.15) is 5.54 Å². The topological polar surface area (TPSA) is 38.3 Å². The molecule has 0 aromatic heterocycles. The Morgan fingerprint density at radius 3 is 2.21 bits per heavy atom. The molecule has 0 aliphatic heterocycles. The van der Waals surface area contributed by atoms with Crippen LogP contribution in [-0.4, -0.2) is 19.6 Å². The van der Waals surface area contributed by atoms with E-state index in [2.05, 4.69) is 10.1 Å². The van der Waals surface area contributed by atoms with Gasteiger partial charge in [0, 0.05) is 0 Å². The summed E-state index contributed by atoms with van der Waals surface area (Å²) in [6.45, 7) is 3.42. The Morgan fingerprint density at radius 2 is 1.79 bits per heavy atom. The monoisotopic (exact) mass is 275 g/mol. The third-order valence-corrected chi connectivity index (χ3v) is 2.90. The molecule has 0 aliphatic rings. The van der Waals surface area contributed by atoms with Crippen molar-refractivity contribution in [3.05, 3.63) is 35.4 Å². The van der Waals surface area contributed by atoms with Crippen molar-refractivity contribution in [1.82, 2.24) is 5.32 Å². The Labute approximate surface area is 109 Å². The SMILES string of the molecule is CCNC(C)(C(=O)OC)c1ccccc1C(F)(F)F. The molecule has 3 nitrogen and oxygen atoms in total. The highest BCUT2D eigenvalue weighted by Crippen LogP contribution is 2.37. The molecule has 1 aromatic carbocycles. The van der Waals surface area contributed by atoms with Crippen LogP contribution < -0.4 is 5.32 Å². The van der Waals surface area contributed by atoms with Gasteiger partial charge in [-0.05, 0) is 25.1 Å². The summed E-state index contributed by atoms with van der Waals surface area (Å²) in [5, 5.41) is 2.76. The van der Waals surface area contributed by atoms with E-state index in [1.54, 1.807) is 6.92 Å². The highest BCUT2D eigenvalue weighted by atomic mass is 19.4. The third kappa shape index (κ3) is 3.07. The van der Waals surface area contributed by atoms with E-state index < -0.39 is 23.2 Å². The van der Waals surface area contributed by atoms with Crippen LogP contribution in [0.5, 0.6) is 0 Å². The van der Waals surface area contributed by atoms with Gasteiger partial charge < -0.3 is 4.74 Å². The highest BCUT2D eigenvalue weighted by molar-refractivity contribution is 5.82. The first kappa shape index (κ1) is 15.5. The van der Waals surface area contributed by atoms with E-state index in [9.17, 15) is 18.0 Å². The lowest BCUT2D eigenvalue weighted by Crippen LogP contribution is -2.48. The number of alkyl halides is 3. The summed E-state index contributed by atoms with van der Waals surface area (Å²) in [4.78, 5) is 11.9. The Bertz CT molecular complexity index is 459. The summed E-state index contributed by atoms with van der Waals surface area (Å²) >= 11 is 0. The Balaban J connectivity index is 3.44. The van der Waals surface area contributed by atoms with Crippen LogP contribution in [-0.2, 0) is 21.2 Å². The maximum absolute atomic E-state index is 13.0. The van der Waals surface area contributed by atoms with E-state index in [0.717, 1.165) is 13.2 Å². The summed E-state index contributed by atoms with van der Waals surface area (Å²) < 4.78 is 43.6. The van der Waals surface area contributed by atoms with Crippen LogP contribution in [0.4, 0.5) is 13.2 Å². The van der Waals surface area contributed by atoms with Gasteiger partial charge in [-0.2, -0.15) is 13.2 Å². The molecule has 19 heavy (non-hydrogen) atoms. The van der Waals surface area contributed by atoms with Crippen molar-refractivity contribution in [3.63, 3.8) is 0 Å². The lowest BCUT2D eigenvalue weighted by atomic mass is 9.87. The predicted octanol–water partition coefficient (Wildman–Crippen LogP) is 2.70. The molecule has 1 atom stereocenters. The maximum atomic E-state index is 13.0. The van der Waals surface area contributed by atoms with Gasteiger partial charge in [0.2, 0.25) is 0 Å². The second-order valence-corrected chi connectivity index (χ2v) is 4.19. The third-order valence-electron chi connectivity index (χ3n) is 2.90. The number of hydrogen-bond donors (Lipinski definition) is 1. The quantitative estimate of drug-likeness (QED) is 0.859. The smallest absolute Gasteiger partial charge is 0.416 e. The molecule has 0 bridgehead atoms. The Morgan fingerprint density at radius 1 is 1.26 bits per heavy atom. The molecule has 1 unspecified atom stereocenters. The number of nitrogens with one attached hydrogen (secondary N) is 1. The van der Waals surface area contributed by atoms with Gasteiger partial charge >= 0.3 is 12.1 Å². The van der Waals surface area contributed by atoms with Gasteiger partial charge in [-0.3, -0.25) is 5.32 Å². The minimum Gasteiger partial charge on any atom is -0.467 e. The number of carbonyl (C=O) groups excluding carboxylic acids is 1. The number of carbonyl (C=O) groups is 1. The molecule has 0 radical (unpaired) electrons. The molecular weight excluding hydrogens is 259 g/mol. The van der Waals surface area contributed by atoms with Crippen LogP contribution in [0, 0.1) is 0 Å². The zero-order valence-corrected chi connectivity index (χ0v) is 11.0. The second kappa shape index (κ2) is 5.61. The molecule has 106 valence electrons. The lowest BCUT2D eigenvalue weighted by molar-refractivity contribution is -0.150. The number of rotatable bonds is 4. The molecule has 1 N–H and O–H groups in total. The lowest BCUT2D eigenvalue weighted by Gasteiger charge is -2.30. The van der Waals surface area contributed by atoms with Crippen molar-refractivity contribution < 1.29 is 22.7 Å². The molecule has 0 fully saturated rings.